The largest absolute Gasteiger partial charge is 0.378 e. The second kappa shape index (κ2) is 5.85. The number of hydrogen-bond acceptors (Lipinski definition) is 4. The van der Waals surface area contributed by atoms with E-state index in [9.17, 15) is 0 Å². The van der Waals surface area contributed by atoms with Gasteiger partial charge in [0.1, 0.15) is 0 Å². The van der Waals surface area contributed by atoms with Crippen LogP contribution in [0.4, 0.5) is 11.4 Å². The summed E-state index contributed by atoms with van der Waals surface area (Å²) in [4.78, 5) is 7.65. The summed E-state index contributed by atoms with van der Waals surface area (Å²) in [7, 11) is 0. The molecule has 0 aromatic heterocycles. The molecule has 4 nitrogen and oxygen atoms in total. The fourth-order valence-electron chi connectivity index (χ4n) is 3.92. The third kappa shape index (κ3) is 2.74. The summed E-state index contributed by atoms with van der Waals surface area (Å²) >= 11 is 0. The van der Waals surface area contributed by atoms with Gasteiger partial charge < -0.3 is 14.5 Å². The third-order valence-electron chi connectivity index (χ3n) is 5.18. The number of benzene rings is 1. The van der Waals surface area contributed by atoms with Gasteiger partial charge in [-0.1, -0.05) is 0 Å². The van der Waals surface area contributed by atoms with Gasteiger partial charge in [-0.25, -0.2) is 0 Å². The lowest BCUT2D eigenvalue weighted by Crippen LogP contribution is -2.50. The first-order chi connectivity index (χ1) is 10.4. The molecule has 3 fully saturated rings. The van der Waals surface area contributed by atoms with Crippen molar-refractivity contribution in [3.05, 3.63) is 24.3 Å². The van der Waals surface area contributed by atoms with Gasteiger partial charge in [-0.15, -0.1) is 0 Å². The number of hydrogen-bond donors (Lipinski definition) is 0. The molecule has 3 aliphatic heterocycles. The van der Waals surface area contributed by atoms with Crippen LogP contribution in [0.5, 0.6) is 0 Å². The molecule has 3 heterocycles. The maximum atomic E-state index is 5.43. The van der Waals surface area contributed by atoms with E-state index in [2.05, 4.69) is 39.0 Å². The molecule has 1 unspecified atom stereocenters. The molecule has 4 heteroatoms. The Balaban J connectivity index is 1.43. The Labute approximate surface area is 127 Å². The number of rotatable bonds is 2. The van der Waals surface area contributed by atoms with E-state index < -0.39 is 0 Å². The summed E-state index contributed by atoms with van der Waals surface area (Å²) in [5.41, 5.74) is 2.72. The summed E-state index contributed by atoms with van der Waals surface area (Å²) in [5, 5.41) is 0. The second-order valence-corrected chi connectivity index (χ2v) is 6.39. The van der Waals surface area contributed by atoms with Crippen molar-refractivity contribution in [1.29, 1.82) is 0 Å². The zero-order valence-corrected chi connectivity index (χ0v) is 12.7. The van der Waals surface area contributed by atoms with Crippen LogP contribution in [-0.4, -0.2) is 63.4 Å². The molecule has 21 heavy (non-hydrogen) atoms. The maximum Gasteiger partial charge on any atom is 0.0642 e. The van der Waals surface area contributed by atoms with Crippen LogP contribution in [-0.2, 0) is 4.74 Å². The van der Waals surface area contributed by atoms with Crippen LogP contribution in [0.2, 0.25) is 0 Å². The van der Waals surface area contributed by atoms with Crippen LogP contribution in [0.15, 0.2) is 24.3 Å². The lowest BCUT2D eigenvalue weighted by Gasteiger charge is -2.39. The van der Waals surface area contributed by atoms with E-state index in [1.54, 1.807) is 0 Å². The molecule has 0 aliphatic carbocycles. The van der Waals surface area contributed by atoms with Crippen molar-refractivity contribution in [2.45, 2.75) is 18.9 Å². The van der Waals surface area contributed by atoms with Crippen molar-refractivity contribution in [3.63, 3.8) is 0 Å². The van der Waals surface area contributed by atoms with Gasteiger partial charge in [-0.3, -0.25) is 4.90 Å². The quantitative estimate of drug-likeness (QED) is 0.825. The molecule has 0 amide bonds. The zero-order chi connectivity index (χ0) is 14.1. The van der Waals surface area contributed by atoms with Gasteiger partial charge in [0, 0.05) is 50.1 Å². The summed E-state index contributed by atoms with van der Waals surface area (Å²) in [6, 6.07) is 9.95. The van der Waals surface area contributed by atoms with Gasteiger partial charge in [0.15, 0.2) is 0 Å². The van der Waals surface area contributed by atoms with Crippen LogP contribution in [0.1, 0.15) is 12.8 Å². The maximum absolute atomic E-state index is 5.43. The highest BCUT2D eigenvalue weighted by atomic mass is 16.5. The highest BCUT2D eigenvalue weighted by Crippen LogP contribution is 2.27. The predicted octanol–water partition coefficient (Wildman–Crippen LogP) is 1.81. The number of fused-ring (bicyclic) bond motifs is 1. The predicted molar refractivity (Wildman–Crippen MR) is 86.3 cm³/mol. The summed E-state index contributed by atoms with van der Waals surface area (Å²) in [6.45, 7) is 8.66. The normalized spacial score (nSPS) is 27.0. The van der Waals surface area contributed by atoms with E-state index in [4.69, 9.17) is 4.74 Å². The Bertz CT molecular complexity index is 469. The Morgan fingerprint density at radius 2 is 1.52 bits per heavy atom. The average Bonchev–Trinajstić information content (AvgIpc) is 3.03. The fraction of sp³-hybridized carbons (Fsp3) is 0.647. The molecule has 0 saturated carbocycles. The highest BCUT2D eigenvalue weighted by Gasteiger charge is 2.30. The van der Waals surface area contributed by atoms with Crippen molar-refractivity contribution >= 4 is 11.4 Å². The molecular weight excluding hydrogens is 262 g/mol. The second-order valence-electron chi connectivity index (χ2n) is 6.39. The molecule has 1 aromatic rings. The van der Waals surface area contributed by atoms with Crippen LogP contribution in [0.25, 0.3) is 0 Å². The number of piperazine rings is 1. The average molecular weight is 287 g/mol. The molecule has 4 rings (SSSR count). The van der Waals surface area contributed by atoms with Crippen molar-refractivity contribution in [2.75, 3.05) is 62.3 Å². The SMILES string of the molecule is c1cc(N2CCN3CCCC3C2)ccc1N1CCOCC1. The molecule has 114 valence electrons. The van der Waals surface area contributed by atoms with Crippen molar-refractivity contribution in [3.8, 4) is 0 Å². The number of ether oxygens (including phenoxy) is 1. The van der Waals surface area contributed by atoms with Gasteiger partial charge in [-0.05, 0) is 43.7 Å². The Hall–Kier alpha value is -1.26. The van der Waals surface area contributed by atoms with Crippen LogP contribution >= 0.6 is 0 Å². The number of morpholine rings is 1. The van der Waals surface area contributed by atoms with Crippen molar-refractivity contribution in [2.24, 2.45) is 0 Å². The summed E-state index contributed by atoms with van der Waals surface area (Å²) in [6.07, 6.45) is 2.76. The highest BCUT2D eigenvalue weighted by molar-refractivity contribution is 5.57. The van der Waals surface area contributed by atoms with Gasteiger partial charge in [0.25, 0.3) is 0 Å². The molecule has 3 aliphatic rings. The van der Waals surface area contributed by atoms with E-state index in [0.717, 1.165) is 32.3 Å². The molecule has 0 spiro atoms. The van der Waals surface area contributed by atoms with Crippen LogP contribution < -0.4 is 9.80 Å². The molecule has 0 N–H and O–H groups in total. The molecule has 0 bridgehead atoms. The topological polar surface area (TPSA) is 19.0 Å². The first-order valence-corrected chi connectivity index (χ1v) is 8.32. The van der Waals surface area contributed by atoms with E-state index in [0.29, 0.717) is 0 Å². The minimum atomic E-state index is 0.790. The van der Waals surface area contributed by atoms with Crippen LogP contribution in [0, 0.1) is 0 Å². The fourth-order valence-corrected chi connectivity index (χ4v) is 3.92. The first-order valence-electron chi connectivity index (χ1n) is 8.32. The summed E-state index contributed by atoms with van der Waals surface area (Å²) < 4.78 is 5.43. The van der Waals surface area contributed by atoms with Gasteiger partial charge in [0.05, 0.1) is 13.2 Å². The molecule has 3 saturated heterocycles. The van der Waals surface area contributed by atoms with Gasteiger partial charge in [0.2, 0.25) is 0 Å². The minimum Gasteiger partial charge on any atom is -0.378 e. The molecule has 1 aromatic carbocycles. The van der Waals surface area contributed by atoms with Crippen molar-refractivity contribution < 1.29 is 4.74 Å². The summed E-state index contributed by atoms with van der Waals surface area (Å²) in [5.74, 6) is 0. The van der Waals surface area contributed by atoms with E-state index >= 15 is 0 Å². The molecular formula is C17H25N3O. The van der Waals surface area contributed by atoms with Crippen LogP contribution in [0.3, 0.4) is 0 Å². The Morgan fingerprint density at radius 1 is 0.810 bits per heavy atom. The van der Waals surface area contributed by atoms with Gasteiger partial charge in [-0.2, -0.15) is 0 Å². The Kier molecular flexibility index (Phi) is 3.74. The molecule has 1 atom stereocenters. The standard InChI is InChI=1S/C17H25N3O/c1-2-17-14-20(9-8-18(17)7-1)16-5-3-15(4-6-16)19-10-12-21-13-11-19/h3-6,17H,1-2,7-14H2. The van der Waals surface area contributed by atoms with Crippen molar-refractivity contribution in [1.82, 2.24) is 4.90 Å². The minimum absolute atomic E-state index is 0.790. The number of anilines is 2. The van der Waals surface area contributed by atoms with E-state index in [1.807, 2.05) is 0 Å². The van der Waals surface area contributed by atoms with E-state index in [1.165, 1.54) is 50.4 Å². The lowest BCUT2D eigenvalue weighted by molar-refractivity contribution is 0.122. The third-order valence-corrected chi connectivity index (χ3v) is 5.18. The first kappa shape index (κ1) is 13.4. The number of nitrogens with zero attached hydrogens (tertiary/aromatic N) is 3. The molecule has 0 radical (unpaired) electrons. The lowest BCUT2D eigenvalue weighted by atomic mass is 10.1. The monoisotopic (exact) mass is 287 g/mol. The zero-order valence-electron chi connectivity index (χ0n) is 12.7. The Morgan fingerprint density at radius 3 is 2.29 bits per heavy atom. The van der Waals surface area contributed by atoms with E-state index in [-0.39, 0.29) is 0 Å². The smallest absolute Gasteiger partial charge is 0.0642 e. The van der Waals surface area contributed by atoms with Gasteiger partial charge >= 0.3 is 0 Å².